The minimum Gasteiger partial charge on any atom is -0.350 e. The Morgan fingerprint density at radius 1 is 1.10 bits per heavy atom. The van der Waals surface area contributed by atoms with Gasteiger partial charge in [0.1, 0.15) is 6.54 Å². The highest BCUT2D eigenvalue weighted by Crippen LogP contribution is 2.36. The van der Waals surface area contributed by atoms with Crippen molar-refractivity contribution in [2.45, 2.75) is 59.9 Å². The molecule has 0 saturated heterocycles. The van der Waals surface area contributed by atoms with Crippen molar-refractivity contribution in [2.75, 3.05) is 0 Å². The summed E-state index contributed by atoms with van der Waals surface area (Å²) in [5, 5.41) is 11.2. The number of amides is 1. The predicted octanol–water partition coefficient (Wildman–Crippen LogP) is 3.09. The Labute approximate surface area is 165 Å². The molecule has 1 atom stereocenters. The zero-order chi connectivity index (χ0) is 21.5. The quantitative estimate of drug-likeness (QED) is 0.704. The lowest BCUT2D eigenvalue weighted by Crippen LogP contribution is -2.38. The zero-order valence-electron chi connectivity index (χ0n) is 16.9. The average molecular weight is 408 g/mol. The summed E-state index contributed by atoms with van der Waals surface area (Å²) in [5.74, 6) is -0.361. The molecule has 1 N–H and O–H groups in total. The number of aryl methyl sites for hydroxylation is 4. The Kier molecular flexibility index (Phi) is 5.38. The van der Waals surface area contributed by atoms with Gasteiger partial charge >= 0.3 is 6.18 Å². The van der Waals surface area contributed by atoms with E-state index in [4.69, 9.17) is 0 Å². The first kappa shape index (κ1) is 20.8. The summed E-state index contributed by atoms with van der Waals surface area (Å²) in [7, 11) is 0. The Balaban J connectivity index is 1.80. The van der Waals surface area contributed by atoms with Crippen molar-refractivity contribution in [3.8, 4) is 0 Å². The summed E-state index contributed by atoms with van der Waals surface area (Å²) < 4.78 is 43.3. The fraction of sp³-hybridized carbons (Fsp3) is 0.474. The second-order valence-electron chi connectivity index (χ2n) is 7.33. The van der Waals surface area contributed by atoms with Crippen LogP contribution >= 0.6 is 0 Å². The lowest BCUT2D eigenvalue weighted by atomic mass is 10.1. The van der Waals surface area contributed by atoms with E-state index < -0.39 is 11.7 Å². The molecule has 3 aromatic heterocycles. The van der Waals surface area contributed by atoms with Gasteiger partial charge in [0.15, 0.2) is 5.65 Å². The Hall–Kier alpha value is -2.91. The molecular weight excluding hydrogens is 385 g/mol. The van der Waals surface area contributed by atoms with Gasteiger partial charge in [-0.25, -0.2) is 9.67 Å². The van der Waals surface area contributed by atoms with Gasteiger partial charge < -0.3 is 5.32 Å². The summed E-state index contributed by atoms with van der Waals surface area (Å²) >= 11 is 0. The normalized spacial score (nSPS) is 13.1. The number of hydrogen-bond acceptors (Lipinski definition) is 4. The molecule has 156 valence electrons. The van der Waals surface area contributed by atoms with E-state index in [0.717, 1.165) is 17.5 Å². The summed E-state index contributed by atoms with van der Waals surface area (Å²) in [5.41, 5.74) is 1.53. The van der Waals surface area contributed by atoms with E-state index in [9.17, 15) is 18.0 Å². The van der Waals surface area contributed by atoms with Gasteiger partial charge in [0.25, 0.3) is 0 Å². The highest BCUT2D eigenvalue weighted by Gasteiger charge is 2.35. The highest BCUT2D eigenvalue weighted by atomic mass is 19.4. The summed E-state index contributed by atoms with van der Waals surface area (Å²) in [6.07, 6.45) is -4.53. The van der Waals surface area contributed by atoms with Gasteiger partial charge in [-0.05, 0) is 46.8 Å². The lowest BCUT2D eigenvalue weighted by molar-refractivity contribution is -0.136. The van der Waals surface area contributed by atoms with Crippen molar-refractivity contribution >= 4 is 16.9 Å². The number of nitrogens with one attached hydrogen (secondary N) is 1. The van der Waals surface area contributed by atoms with Crippen LogP contribution in [-0.4, -0.2) is 36.5 Å². The van der Waals surface area contributed by atoms with E-state index in [2.05, 4.69) is 20.5 Å². The number of alkyl halides is 3. The maximum absolute atomic E-state index is 13.4. The van der Waals surface area contributed by atoms with Crippen molar-refractivity contribution in [3.05, 3.63) is 40.5 Å². The first-order valence-electron chi connectivity index (χ1n) is 9.18. The third-order valence-corrected chi connectivity index (χ3v) is 4.56. The Morgan fingerprint density at radius 3 is 2.38 bits per heavy atom. The molecule has 0 spiro atoms. The van der Waals surface area contributed by atoms with Crippen LogP contribution in [0, 0.1) is 27.7 Å². The van der Waals surface area contributed by atoms with Gasteiger partial charge in [0, 0.05) is 17.4 Å². The highest BCUT2D eigenvalue weighted by molar-refractivity contribution is 5.85. The lowest BCUT2D eigenvalue weighted by Gasteiger charge is -2.15. The smallest absolute Gasteiger partial charge is 0.350 e. The fourth-order valence-corrected chi connectivity index (χ4v) is 3.43. The predicted molar refractivity (Wildman–Crippen MR) is 101 cm³/mol. The number of fused-ring (bicyclic) bond motifs is 1. The SMILES string of the molecule is Cc1cc(C(F)(F)F)c2c(C)nn(CC(=O)N[C@@H](C)Cn3nc(C)cc3C)c2n1. The molecule has 0 radical (unpaired) electrons. The number of rotatable bonds is 5. The summed E-state index contributed by atoms with van der Waals surface area (Å²) in [6.45, 7) is 8.89. The molecule has 0 unspecified atom stereocenters. The van der Waals surface area contributed by atoms with Crippen LogP contribution in [0.4, 0.5) is 13.2 Å². The summed E-state index contributed by atoms with van der Waals surface area (Å²) in [6, 6.07) is 2.72. The fourth-order valence-electron chi connectivity index (χ4n) is 3.43. The summed E-state index contributed by atoms with van der Waals surface area (Å²) in [4.78, 5) is 16.7. The van der Waals surface area contributed by atoms with Crippen LogP contribution in [0.3, 0.4) is 0 Å². The number of carbonyl (C=O) groups is 1. The standard InChI is InChI=1S/C19H23F3N6O/c1-10-7-15(19(20,21)22)17-14(5)26-28(18(17)24-10)9-16(29)23-12(3)8-27-13(4)6-11(2)25-27/h6-7,12H,8-9H2,1-5H3,(H,23,29)/t12-/m0/s1. The van der Waals surface area contributed by atoms with Crippen LogP contribution < -0.4 is 5.32 Å². The molecule has 0 aromatic carbocycles. The van der Waals surface area contributed by atoms with Crippen molar-refractivity contribution in [3.63, 3.8) is 0 Å². The molecule has 10 heteroatoms. The first-order valence-corrected chi connectivity index (χ1v) is 9.18. The van der Waals surface area contributed by atoms with Crippen molar-refractivity contribution < 1.29 is 18.0 Å². The molecule has 0 aliphatic carbocycles. The average Bonchev–Trinajstić information content (AvgIpc) is 3.04. The third-order valence-electron chi connectivity index (χ3n) is 4.56. The molecule has 3 rings (SSSR count). The number of hydrogen-bond donors (Lipinski definition) is 1. The second-order valence-corrected chi connectivity index (χ2v) is 7.33. The first-order chi connectivity index (χ1) is 13.5. The molecule has 3 aromatic rings. The van der Waals surface area contributed by atoms with Crippen LogP contribution in [0.15, 0.2) is 12.1 Å². The molecular formula is C19H23F3N6O. The molecule has 0 fully saturated rings. The van der Waals surface area contributed by atoms with Crippen LogP contribution in [0.25, 0.3) is 11.0 Å². The van der Waals surface area contributed by atoms with Gasteiger partial charge in [-0.3, -0.25) is 9.48 Å². The maximum atomic E-state index is 13.4. The number of nitrogens with zero attached hydrogens (tertiary/aromatic N) is 5. The van der Waals surface area contributed by atoms with E-state index in [1.807, 2.05) is 26.8 Å². The van der Waals surface area contributed by atoms with E-state index in [1.165, 1.54) is 18.5 Å². The molecule has 7 nitrogen and oxygen atoms in total. The van der Waals surface area contributed by atoms with Crippen molar-refractivity contribution in [1.82, 2.24) is 29.9 Å². The van der Waals surface area contributed by atoms with E-state index in [-0.39, 0.29) is 40.9 Å². The molecule has 0 saturated carbocycles. The van der Waals surface area contributed by atoms with Gasteiger partial charge in [-0.15, -0.1) is 0 Å². The van der Waals surface area contributed by atoms with Crippen LogP contribution in [0.1, 0.15) is 35.3 Å². The Bertz CT molecular complexity index is 1070. The molecule has 1 amide bonds. The Morgan fingerprint density at radius 2 is 1.79 bits per heavy atom. The monoisotopic (exact) mass is 408 g/mol. The molecule has 0 aliphatic heterocycles. The van der Waals surface area contributed by atoms with Crippen molar-refractivity contribution in [2.24, 2.45) is 0 Å². The van der Waals surface area contributed by atoms with Gasteiger partial charge in [-0.2, -0.15) is 23.4 Å². The van der Waals surface area contributed by atoms with Gasteiger partial charge in [0.05, 0.1) is 28.9 Å². The van der Waals surface area contributed by atoms with Crippen LogP contribution in [-0.2, 0) is 24.1 Å². The van der Waals surface area contributed by atoms with E-state index >= 15 is 0 Å². The minimum absolute atomic E-state index is 0.0520. The zero-order valence-corrected chi connectivity index (χ0v) is 16.9. The second kappa shape index (κ2) is 7.49. The molecule has 0 bridgehead atoms. The number of carbonyl (C=O) groups excluding carboxylic acids is 1. The topological polar surface area (TPSA) is 77.6 Å². The molecule has 3 heterocycles. The minimum atomic E-state index is -4.53. The largest absolute Gasteiger partial charge is 0.417 e. The van der Waals surface area contributed by atoms with Crippen LogP contribution in [0.2, 0.25) is 0 Å². The van der Waals surface area contributed by atoms with Gasteiger partial charge in [0.2, 0.25) is 5.91 Å². The molecule has 29 heavy (non-hydrogen) atoms. The van der Waals surface area contributed by atoms with Crippen LogP contribution in [0.5, 0.6) is 0 Å². The van der Waals surface area contributed by atoms with E-state index in [1.54, 1.807) is 4.68 Å². The molecule has 0 aliphatic rings. The number of pyridine rings is 1. The van der Waals surface area contributed by atoms with Crippen molar-refractivity contribution in [1.29, 1.82) is 0 Å². The number of aromatic nitrogens is 5. The van der Waals surface area contributed by atoms with E-state index in [0.29, 0.717) is 6.54 Å². The maximum Gasteiger partial charge on any atom is 0.417 e. The van der Waals surface area contributed by atoms with Gasteiger partial charge in [-0.1, -0.05) is 0 Å². The number of halogens is 3. The third kappa shape index (κ3) is 4.41.